The summed E-state index contributed by atoms with van der Waals surface area (Å²) in [5.74, 6) is -0.993. The minimum atomic E-state index is -0.404. The summed E-state index contributed by atoms with van der Waals surface area (Å²) in [5, 5.41) is 1.94. The SMILES string of the molecule is CCOC(=O)c1cc2sccc2n1CCN1C(=O)c2ccccc2C1=O. The fourth-order valence-corrected chi connectivity index (χ4v) is 4.06. The van der Waals surface area contributed by atoms with Crippen LogP contribution in [0.1, 0.15) is 38.1 Å². The van der Waals surface area contributed by atoms with E-state index in [4.69, 9.17) is 4.74 Å². The van der Waals surface area contributed by atoms with Crippen LogP contribution in [0.4, 0.5) is 0 Å². The normalized spacial score (nSPS) is 13.5. The number of esters is 1. The van der Waals surface area contributed by atoms with Gasteiger partial charge in [0, 0.05) is 13.1 Å². The van der Waals surface area contributed by atoms with Crippen LogP contribution in [-0.2, 0) is 11.3 Å². The van der Waals surface area contributed by atoms with Crippen LogP contribution in [0.2, 0.25) is 0 Å². The highest BCUT2D eigenvalue weighted by Crippen LogP contribution is 2.27. The molecule has 0 fully saturated rings. The van der Waals surface area contributed by atoms with Gasteiger partial charge in [0.25, 0.3) is 11.8 Å². The lowest BCUT2D eigenvalue weighted by Gasteiger charge is -2.16. The van der Waals surface area contributed by atoms with Crippen molar-refractivity contribution in [2.24, 2.45) is 0 Å². The van der Waals surface area contributed by atoms with E-state index in [2.05, 4.69) is 0 Å². The number of carbonyl (C=O) groups excluding carboxylic acids is 3. The maximum absolute atomic E-state index is 12.5. The Bertz CT molecular complexity index is 998. The molecular weight excluding hydrogens is 352 g/mol. The number of aromatic nitrogens is 1. The molecule has 26 heavy (non-hydrogen) atoms. The van der Waals surface area contributed by atoms with Crippen LogP contribution in [-0.4, -0.2) is 40.4 Å². The Kier molecular flexibility index (Phi) is 4.08. The molecule has 0 aliphatic carbocycles. The number of ether oxygens (including phenoxy) is 1. The lowest BCUT2D eigenvalue weighted by molar-refractivity contribution is 0.0514. The predicted molar refractivity (Wildman–Crippen MR) is 97.6 cm³/mol. The van der Waals surface area contributed by atoms with Crippen LogP contribution in [0.15, 0.2) is 41.8 Å². The van der Waals surface area contributed by atoms with Crippen LogP contribution in [0.25, 0.3) is 10.2 Å². The topological polar surface area (TPSA) is 68.6 Å². The molecule has 0 N–H and O–H groups in total. The maximum atomic E-state index is 12.5. The molecule has 1 aromatic carbocycles. The van der Waals surface area contributed by atoms with Gasteiger partial charge in [0.15, 0.2) is 0 Å². The standard InChI is InChI=1S/C19H16N2O4S/c1-2-25-19(24)15-11-16-14(7-10-26-16)20(15)8-9-21-17(22)12-5-3-4-6-13(12)18(21)23/h3-7,10-11H,2,8-9H2,1H3. The number of carbonyl (C=O) groups is 3. The third kappa shape index (κ3) is 2.52. The first-order chi connectivity index (χ1) is 12.6. The lowest BCUT2D eigenvalue weighted by atomic mass is 10.1. The fraction of sp³-hybridized carbons (Fsp3) is 0.211. The van der Waals surface area contributed by atoms with Gasteiger partial charge in [-0.15, -0.1) is 11.3 Å². The Hall–Kier alpha value is -2.93. The average Bonchev–Trinajstić information content (AvgIpc) is 3.29. The molecule has 7 heteroatoms. The highest BCUT2D eigenvalue weighted by Gasteiger charge is 2.35. The maximum Gasteiger partial charge on any atom is 0.355 e. The van der Waals surface area contributed by atoms with Crippen LogP contribution < -0.4 is 0 Å². The molecule has 2 aromatic heterocycles. The van der Waals surface area contributed by atoms with Crippen molar-refractivity contribution in [3.63, 3.8) is 0 Å². The number of benzene rings is 1. The van der Waals surface area contributed by atoms with E-state index in [1.54, 1.807) is 37.3 Å². The van der Waals surface area contributed by atoms with Crippen LogP contribution in [0.3, 0.4) is 0 Å². The summed E-state index contributed by atoms with van der Waals surface area (Å²) in [6, 6.07) is 10.5. The number of thiophene rings is 1. The molecule has 1 aliphatic heterocycles. The predicted octanol–water partition coefficient (Wildman–Crippen LogP) is 3.18. The summed E-state index contributed by atoms with van der Waals surface area (Å²) in [4.78, 5) is 38.5. The lowest BCUT2D eigenvalue weighted by Crippen LogP contribution is -2.33. The molecule has 6 nitrogen and oxygen atoms in total. The van der Waals surface area contributed by atoms with Gasteiger partial charge >= 0.3 is 5.97 Å². The molecule has 0 saturated carbocycles. The summed E-state index contributed by atoms with van der Waals surface area (Å²) < 4.78 is 7.91. The Morgan fingerprint density at radius 3 is 2.42 bits per heavy atom. The van der Waals surface area contributed by atoms with E-state index in [1.807, 2.05) is 16.0 Å². The van der Waals surface area contributed by atoms with Crippen molar-refractivity contribution in [3.8, 4) is 0 Å². The van der Waals surface area contributed by atoms with E-state index in [9.17, 15) is 14.4 Å². The molecule has 0 radical (unpaired) electrons. The second-order valence-corrected chi connectivity index (χ2v) is 6.83. The monoisotopic (exact) mass is 368 g/mol. The molecule has 4 rings (SSSR count). The van der Waals surface area contributed by atoms with Crippen LogP contribution >= 0.6 is 11.3 Å². The fourth-order valence-electron chi connectivity index (χ4n) is 3.23. The van der Waals surface area contributed by atoms with Gasteiger partial charge in [-0.2, -0.15) is 0 Å². The number of hydrogen-bond acceptors (Lipinski definition) is 5. The van der Waals surface area contributed by atoms with Crippen LogP contribution in [0, 0.1) is 0 Å². The third-order valence-corrected chi connectivity index (χ3v) is 5.29. The summed E-state index contributed by atoms with van der Waals surface area (Å²) in [7, 11) is 0. The van der Waals surface area contributed by atoms with Gasteiger partial charge in [-0.25, -0.2) is 4.79 Å². The molecule has 0 saturated heterocycles. The third-order valence-electron chi connectivity index (χ3n) is 4.43. The number of fused-ring (bicyclic) bond motifs is 2. The van der Waals surface area contributed by atoms with Gasteiger partial charge in [-0.3, -0.25) is 14.5 Å². The Morgan fingerprint density at radius 1 is 1.08 bits per heavy atom. The molecule has 0 bridgehead atoms. The van der Waals surface area contributed by atoms with Crippen molar-refractivity contribution in [2.75, 3.05) is 13.2 Å². The minimum absolute atomic E-state index is 0.193. The van der Waals surface area contributed by atoms with Crippen molar-refractivity contribution in [1.29, 1.82) is 0 Å². The molecular formula is C19H16N2O4S. The molecule has 1 aliphatic rings. The highest BCUT2D eigenvalue weighted by molar-refractivity contribution is 7.17. The zero-order valence-electron chi connectivity index (χ0n) is 14.1. The van der Waals surface area contributed by atoms with E-state index in [1.165, 1.54) is 16.2 Å². The van der Waals surface area contributed by atoms with Crippen molar-refractivity contribution >= 4 is 39.3 Å². The number of amides is 2. The number of hydrogen-bond donors (Lipinski definition) is 0. The molecule has 0 unspecified atom stereocenters. The zero-order valence-corrected chi connectivity index (χ0v) is 14.9. The molecule has 3 heterocycles. The number of nitrogens with zero attached hydrogens (tertiary/aromatic N) is 2. The Morgan fingerprint density at radius 2 is 1.77 bits per heavy atom. The summed E-state index contributed by atoms with van der Waals surface area (Å²) in [5.41, 5.74) is 2.19. The van der Waals surface area contributed by atoms with Crippen molar-refractivity contribution in [2.45, 2.75) is 13.5 Å². The van der Waals surface area contributed by atoms with Gasteiger partial charge in [-0.1, -0.05) is 12.1 Å². The second-order valence-electron chi connectivity index (χ2n) is 5.88. The van der Waals surface area contributed by atoms with Crippen molar-refractivity contribution in [3.05, 3.63) is 58.6 Å². The van der Waals surface area contributed by atoms with Gasteiger partial charge in [0.1, 0.15) is 5.69 Å². The molecule has 132 valence electrons. The highest BCUT2D eigenvalue weighted by atomic mass is 32.1. The Balaban J connectivity index is 1.62. The average molecular weight is 368 g/mol. The van der Waals surface area contributed by atoms with E-state index in [0.29, 0.717) is 23.4 Å². The summed E-state index contributed by atoms with van der Waals surface area (Å²) in [6.45, 7) is 2.57. The van der Waals surface area contributed by atoms with E-state index >= 15 is 0 Å². The van der Waals surface area contributed by atoms with Crippen molar-refractivity contribution in [1.82, 2.24) is 9.47 Å². The first-order valence-electron chi connectivity index (χ1n) is 8.31. The van der Waals surface area contributed by atoms with Gasteiger partial charge in [-0.05, 0) is 36.6 Å². The summed E-state index contributed by atoms with van der Waals surface area (Å²) >= 11 is 1.53. The molecule has 0 atom stereocenters. The second kappa shape index (κ2) is 6.42. The van der Waals surface area contributed by atoms with Crippen LogP contribution in [0.5, 0.6) is 0 Å². The first-order valence-corrected chi connectivity index (χ1v) is 9.19. The Labute approximate surface area is 153 Å². The largest absolute Gasteiger partial charge is 0.461 e. The zero-order chi connectivity index (χ0) is 18.3. The molecule has 0 spiro atoms. The number of rotatable bonds is 5. The summed E-state index contributed by atoms with van der Waals surface area (Å²) in [6.07, 6.45) is 0. The van der Waals surface area contributed by atoms with Crippen molar-refractivity contribution < 1.29 is 19.1 Å². The first kappa shape index (κ1) is 16.5. The molecule has 2 amide bonds. The number of imide groups is 1. The van der Waals surface area contributed by atoms with E-state index < -0.39 is 5.97 Å². The minimum Gasteiger partial charge on any atom is -0.461 e. The molecule has 3 aromatic rings. The smallest absolute Gasteiger partial charge is 0.355 e. The van der Waals surface area contributed by atoms with E-state index in [-0.39, 0.29) is 25.0 Å². The van der Waals surface area contributed by atoms with Gasteiger partial charge in [0.05, 0.1) is 28.0 Å². The van der Waals surface area contributed by atoms with Gasteiger partial charge in [0.2, 0.25) is 0 Å². The van der Waals surface area contributed by atoms with Gasteiger partial charge < -0.3 is 9.30 Å². The van der Waals surface area contributed by atoms with E-state index in [0.717, 1.165) is 10.2 Å². The quantitative estimate of drug-likeness (QED) is 0.512.